The summed E-state index contributed by atoms with van der Waals surface area (Å²) in [5.74, 6) is -1.15. The van der Waals surface area contributed by atoms with Crippen LogP contribution in [0.2, 0.25) is 0 Å². The van der Waals surface area contributed by atoms with Crippen molar-refractivity contribution in [2.45, 2.75) is 52.6 Å². The minimum Gasteiger partial charge on any atom is -0.497 e. The lowest BCUT2D eigenvalue weighted by molar-refractivity contribution is -0.149. The van der Waals surface area contributed by atoms with E-state index < -0.39 is 18.1 Å². The Balaban J connectivity index is 1.84. The van der Waals surface area contributed by atoms with Crippen LogP contribution >= 0.6 is 0 Å². The van der Waals surface area contributed by atoms with Gasteiger partial charge in [0, 0.05) is 23.6 Å². The molecule has 1 saturated heterocycles. The lowest BCUT2D eigenvalue weighted by atomic mass is 10.0. The van der Waals surface area contributed by atoms with E-state index in [-0.39, 0.29) is 17.7 Å². The quantitative estimate of drug-likeness (QED) is 0.688. The van der Waals surface area contributed by atoms with Gasteiger partial charge < -0.3 is 24.6 Å². The summed E-state index contributed by atoms with van der Waals surface area (Å²) in [7, 11) is 1.61. The molecule has 1 fully saturated rings. The molecule has 0 bridgehead atoms. The van der Waals surface area contributed by atoms with Crippen LogP contribution in [0.3, 0.4) is 0 Å². The van der Waals surface area contributed by atoms with Gasteiger partial charge in [-0.15, -0.1) is 0 Å². The number of aryl methyl sites for hydroxylation is 1. The standard InChI is InChI=1S/C24H31N3O5/c1-14(2)21(23(29)26-12-6-7-20(26)24(30)31)25-22(28)19-13-15(3)27(16(19)4)17-8-10-18(32-5)11-9-17/h8-11,13-14,20-21H,6-7,12H2,1-5H3,(H,25,28)(H,30,31). The summed E-state index contributed by atoms with van der Waals surface area (Å²) in [6.45, 7) is 7.85. The molecule has 3 rings (SSSR count). The second-order valence-corrected chi connectivity index (χ2v) is 8.54. The maximum Gasteiger partial charge on any atom is 0.326 e. The number of carboxylic acid groups (broad SMARTS) is 1. The fourth-order valence-electron chi connectivity index (χ4n) is 4.32. The van der Waals surface area contributed by atoms with Crippen LogP contribution < -0.4 is 10.1 Å². The number of carboxylic acids is 1. The van der Waals surface area contributed by atoms with E-state index in [0.29, 0.717) is 24.9 Å². The first-order valence-corrected chi connectivity index (χ1v) is 10.8. The fraction of sp³-hybridized carbons (Fsp3) is 0.458. The van der Waals surface area contributed by atoms with Crippen LogP contribution in [0.15, 0.2) is 30.3 Å². The van der Waals surface area contributed by atoms with Gasteiger partial charge in [0.05, 0.1) is 12.7 Å². The van der Waals surface area contributed by atoms with Gasteiger partial charge in [-0.1, -0.05) is 13.8 Å². The molecular formula is C24H31N3O5. The number of benzene rings is 1. The topological polar surface area (TPSA) is 101 Å². The zero-order valence-electron chi connectivity index (χ0n) is 19.2. The van der Waals surface area contributed by atoms with Gasteiger partial charge in [0.25, 0.3) is 5.91 Å². The van der Waals surface area contributed by atoms with Gasteiger partial charge in [0.15, 0.2) is 0 Å². The average molecular weight is 442 g/mol. The Labute approximate surface area is 188 Å². The Morgan fingerprint density at radius 2 is 1.81 bits per heavy atom. The number of likely N-dealkylation sites (tertiary alicyclic amines) is 1. The zero-order chi connectivity index (χ0) is 23.6. The molecule has 2 aromatic rings. The van der Waals surface area contributed by atoms with E-state index in [9.17, 15) is 19.5 Å². The van der Waals surface area contributed by atoms with Crippen molar-refractivity contribution < 1.29 is 24.2 Å². The number of carbonyl (C=O) groups is 3. The van der Waals surface area contributed by atoms with Gasteiger partial charge >= 0.3 is 5.97 Å². The maximum atomic E-state index is 13.2. The Morgan fingerprint density at radius 1 is 1.16 bits per heavy atom. The summed E-state index contributed by atoms with van der Waals surface area (Å²) in [6.07, 6.45) is 1.08. The highest BCUT2D eigenvalue weighted by molar-refractivity contribution is 5.99. The molecule has 32 heavy (non-hydrogen) atoms. The van der Waals surface area contributed by atoms with Gasteiger partial charge in [-0.2, -0.15) is 0 Å². The number of carbonyl (C=O) groups excluding carboxylic acids is 2. The Bertz CT molecular complexity index is 1010. The summed E-state index contributed by atoms with van der Waals surface area (Å²) < 4.78 is 7.19. The second kappa shape index (κ2) is 9.46. The van der Waals surface area contributed by atoms with E-state index in [1.54, 1.807) is 13.2 Å². The molecule has 172 valence electrons. The number of nitrogens with one attached hydrogen (secondary N) is 1. The van der Waals surface area contributed by atoms with E-state index in [4.69, 9.17) is 4.74 Å². The van der Waals surface area contributed by atoms with Gasteiger partial charge in [0.2, 0.25) is 5.91 Å². The third kappa shape index (κ3) is 4.49. The third-order valence-electron chi connectivity index (χ3n) is 6.05. The normalized spacial score (nSPS) is 16.8. The monoisotopic (exact) mass is 441 g/mol. The predicted octanol–water partition coefficient (Wildman–Crippen LogP) is 2.93. The lowest BCUT2D eigenvalue weighted by Gasteiger charge is -2.29. The number of aliphatic carboxylic acids is 1. The summed E-state index contributed by atoms with van der Waals surface area (Å²) >= 11 is 0. The van der Waals surface area contributed by atoms with E-state index in [1.807, 2.05) is 56.5 Å². The summed E-state index contributed by atoms with van der Waals surface area (Å²) in [5, 5.41) is 12.3. The van der Waals surface area contributed by atoms with E-state index in [0.717, 1.165) is 22.8 Å². The van der Waals surface area contributed by atoms with Crippen LogP contribution in [0, 0.1) is 19.8 Å². The molecule has 1 aromatic carbocycles. The van der Waals surface area contributed by atoms with Gasteiger partial charge in [0.1, 0.15) is 17.8 Å². The minimum atomic E-state index is -1.01. The molecule has 1 aliphatic rings. The lowest BCUT2D eigenvalue weighted by Crippen LogP contribution is -2.53. The Kier molecular flexibility index (Phi) is 6.91. The highest BCUT2D eigenvalue weighted by atomic mass is 16.5. The number of rotatable bonds is 7. The van der Waals surface area contributed by atoms with Gasteiger partial charge in [-0.3, -0.25) is 9.59 Å². The molecule has 2 unspecified atom stereocenters. The molecule has 0 aliphatic carbocycles. The van der Waals surface area contributed by atoms with Crippen molar-refractivity contribution in [3.05, 3.63) is 47.3 Å². The van der Waals surface area contributed by atoms with Gasteiger partial charge in [-0.25, -0.2) is 4.79 Å². The minimum absolute atomic E-state index is 0.188. The smallest absolute Gasteiger partial charge is 0.326 e. The molecule has 8 nitrogen and oxygen atoms in total. The van der Waals surface area contributed by atoms with Crippen molar-refractivity contribution in [3.63, 3.8) is 0 Å². The largest absolute Gasteiger partial charge is 0.497 e. The number of amides is 2. The van der Waals surface area contributed by atoms with Crippen LogP contribution in [0.5, 0.6) is 5.75 Å². The molecule has 1 aliphatic heterocycles. The SMILES string of the molecule is COc1ccc(-n2c(C)cc(C(=O)NC(C(=O)N3CCCC3C(=O)O)C(C)C)c2C)cc1. The Morgan fingerprint density at radius 3 is 2.38 bits per heavy atom. The molecule has 2 heterocycles. The first-order chi connectivity index (χ1) is 15.1. The first-order valence-electron chi connectivity index (χ1n) is 10.8. The molecular weight excluding hydrogens is 410 g/mol. The van der Waals surface area contributed by atoms with Gasteiger partial charge in [-0.05, 0) is 62.9 Å². The van der Waals surface area contributed by atoms with Crippen molar-refractivity contribution in [3.8, 4) is 11.4 Å². The zero-order valence-corrected chi connectivity index (χ0v) is 19.2. The van der Waals surface area contributed by atoms with E-state index in [1.165, 1.54) is 4.90 Å². The molecule has 2 atom stereocenters. The molecule has 0 spiro atoms. The number of methoxy groups -OCH3 is 1. The average Bonchev–Trinajstić information content (AvgIpc) is 3.36. The molecule has 8 heteroatoms. The van der Waals surface area contributed by atoms with Crippen LogP contribution in [0.4, 0.5) is 0 Å². The number of aromatic nitrogens is 1. The first kappa shape index (κ1) is 23.4. The molecule has 2 amide bonds. The predicted molar refractivity (Wildman–Crippen MR) is 120 cm³/mol. The maximum absolute atomic E-state index is 13.2. The second-order valence-electron chi connectivity index (χ2n) is 8.54. The highest BCUT2D eigenvalue weighted by Crippen LogP contribution is 2.24. The van der Waals surface area contributed by atoms with Crippen molar-refractivity contribution in [2.24, 2.45) is 5.92 Å². The summed E-state index contributed by atoms with van der Waals surface area (Å²) in [4.78, 5) is 39.2. The molecule has 0 saturated carbocycles. The van der Waals surface area contributed by atoms with Crippen molar-refractivity contribution in [2.75, 3.05) is 13.7 Å². The van der Waals surface area contributed by atoms with E-state index in [2.05, 4.69) is 5.32 Å². The summed E-state index contributed by atoms with van der Waals surface area (Å²) in [6, 6.07) is 7.72. The highest BCUT2D eigenvalue weighted by Gasteiger charge is 2.38. The molecule has 2 N–H and O–H groups in total. The van der Waals surface area contributed by atoms with Crippen LogP contribution in [-0.4, -0.2) is 58.1 Å². The van der Waals surface area contributed by atoms with Crippen molar-refractivity contribution in [1.82, 2.24) is 14.8 Å². The number of nitrogens with zero attached hydrogens (tertiary/aromatic N) is 2. The number of ether oxygens (including phenoxy) is 1. The van der Waals surface area contributed by atoms with Crippen LogP contribution in [-0.2, 0) is 9.59 Å². The van der Waals surface area contributed by atoms with Crippen molar-refractivity contribution >= 4 is 17.8 Å². The van der Waals surface area contributed by atoms with Crippen LogP contribution in [0.1, 0.15) is 48.4 Å². The van der Waals surface area contributed by atoms with E-state index >= 15 is 0 Å². The number of hydrogen-bond acceptors (Lipinski definition) is 4. The number of hydrogen-bond donors (Lipinski definition) is 2. The molecule has 1 aromatic heterocycles. The molecule has 0 radical (unpaired) electrons. The third-order valence-corrected chi connectivity index (χ3v) is 6.05. The van der Waals surface area contributed by atoms with Crippen molar-refractivity contribution in [1.29, 1.82) is 0 Å². The van der Waals surface area contributed by atoms with Crippen LogP contribution in [0.25, 0.3) is 5.69 Å². The fourth-order valence-corrected chi connectivity index (χ4v) is 4.32. The summed E-state index contributed by atoms with van der Waals surface area (Å²) in [5.41, 5.74) is 3.02. The Hall–Kier alpha value is -3.29.